The van der Waals surface area contributed by atoms with Crippen molar-refractivity contribution in [3.63, 3.8) is 0 Å². The Morgan fingerprint density at radius 2 is 2.20 bits per heavy atom. The quantitative estimate of drug-likeness (QED) is 0.831. The molecule has 1 N–H and O–H groups in total. The van der Waals surface area contributed by atoms with E-state index in [1.54, 1.807) is 6.92 Å². The van der Waals surface area contributed by atoms with Crippen LogP contribution in [-0.2, 0) is 4.79 Å². The molecule has 1 aromatic rings. The molecule has 15 heavy (non-hydrogen) atoms. The van der Waals surface area contributed by atoms with E-state index in [9.17, 15) is 4.79 Å². The van der Waals surface area contributed by atoms with Gasteiger partial charge in [0.15, 0.2) is 0 Å². The van der Waals surface area contributed by atoms with E-state index in [0.29, 0.717) is 0 Å². The molecule has 3 heteroatoms. The highest BCUT2D eigenvalue weighted by atomic mass is 79.9. The summed E-state index contributed by atoms with van der Waals surface area (Å²) in [5, 5.41) is 2.95. The molecule has 1 aliphatic carbocycles. The van der Waals surface area contributed by atoms with Crippen LogP contribution in [0.2, 0.25) is 0 Å². The van der Waals surface area contributed by atoms with Crippen LogP contribution in [-0.4, -0.2) is 5.91 Å². The lowest BCUT2D eigenvalue weighted by Gasteiger charge is -2.24. The molecule has 1 atom stereocenters. The second kappa shape index (κ2) is 4.19. The van der Waals surface area contributed by atoms with Crippen LogP contribution < -0.4 is 5.32 Å². The molecule has 0 radical (unpaired) electrons. The van der Waals surface area contributed by atoms with Gasteiger partial charge in [0.25, 0.3) is 0 Å². The number of carbonyl (C=O) groups is 1. The first-order valence-corrected chi connectivity index (χ1v) is 5.70. The van der Waals surface area contributed by atoms with Gasteiger partial charge in [-0.1, -0.05) is 46.3 Å². The second-order valence-corrected chi connectivity index (χ2v) is 4.48. The van der Waals surface area contributed by atoms with Gasteiger partial charge in [-0.15, -0.1) is 0 Å². The Kier molecular flexibility index (Phi) is 2.91. The van der Waals surface area contributed by atoms with Crippen LogP contribution in [0.3, 0.4) is 0 Å². The first-order chi connectivity index (χ1) is 7.18. The van der Waals surface area contributed by atoms with E-state index < -0.39 is 0 Å². The van der Waals surface area contributed by atoms with Crippen LogP contribution in [0.4, 0.5) is 0 Å². The van der Waals surface area contributed by atoms with Gasteiger partial charge in [0.1, 0.15) is 0 Å². The summed E-state index contributed by atoms with van der Waals surface area (Å²) in [5.74, 6) is 0.0150. The molecule has 2 rings (SSSR count). The van der Waals surface area contributed by atoms with Crippen molar-refractivity contribution in [3.05, 3.63) is 41.5 Å². The Hall–Kier alpha value is -1.09. The monoisotopic (exact) mass is 265 g/mol. The number of benzene rings is 1. The lowest BCUT2D eigenvalue weighted by Crippen LogP contribution is -2.27. The third-order valence-electron chi connectivity index (χ3n) is 2.50. The van der Waals surface area contributed by atoms with Crippen molar-refractivity contribution in [1.82, 2.24) is 5.32 Å². The molecule has 0 spiro atoms. The number of hydrogen-bond acceptors (Lipinski definition) is 1. The average molecular weight is 266 g/mol. The predicted octanol–water partition coefficient (Wildman–Crippen LogP) is 3.00. The maximum absolute atomic E-state index is 11.1. The first-order valence-electron chi connectivity index (χ1n) is 4.90. The Bertz CT molecular complexity index is 425. The minimum atomic E-state index is 0.0150. The van der Waals surface area contributed by atoms with E-state index in [1.807, 2.05) is 12.1 Å². The average Bonchev–Trinajstić information content (AvgIpc) is 2.22. The van der Waals surface area contributed by atoms with E-state index >= 15 is 0 Å². The summed E-state index contributed by atoms with van der Waals surface area (Å²) in [5.41, 5.74) is 2.35. The van der Waals surface area contributed by atoms with Gasteiger partial charge in [-0.05, 0) is 17.5 Å². The van der Waals surface area contributed by atoms with E-state index in [4.69, 9.17) is 0 Å². The third kappa shape index (κ3) is 2.12. The molecule has 0 unspecified atom stereocenters. The van der Waals surface area contributed by atoms with Gasteiger partial charge in [-0.25, -0.2) is 0 Å². The second-order valence-electron chi connectivity index (χ2n) is 3.63. The minimum absolute atomic E-state index is 0.0150. The fourth-order valence-corrected chi connectivity index (χ4v) is 2.41. The highest BCUT2D eigenvalue weighted by Crippen LogP contribution is 2.35. The number of nitrogens with one attached hydrogen (secondary N) is 1. The minimum Gasteiger partial charge on any atom is -0.349 e. The maximum Gasteiger partial charge on any atom is 0.217 e. The molecule has 78 valence electrons. The summed E-state index contributed by atoms with van der Waals surface area (Å²) in [7, 11) is 0. The van der Waals surface area contributed by atoms with Crippen LogP contribution in [0.25, 0.3) is 4.48 Å². The summed E-state index contributed by atoms with van der Waals surface area (Å²) in [4.78, 5) is 11.1. The van der Waals surface area contributed by atoms with Crippen LogP contribution >= 0.6 is 15.9 Å². The largest absolute Gasteiger partial charge is 0.349 e. The van der Waals surface area contributed by atoms with Crippen LogP contribution in [0.5, 0.6) is 0 Å². The van der Waals surface area contributed by atoms with E-state index in [2.05, 4.69) is 39.5 Å². The standard InChI is InChI=1S/C12H12BrNO/c1-8(15)14-12-7-6-11(13)9-4-2-3-5-10(9)12/h2-6,12H,7H2,1H3,(H,14,15)/t12-/m0/s1. The Morgan fingerprint density at radius 1 is 1.47 bits per heavy atom. The molecule has 1 amide bonds. The van der Waals surface area contributed by atoms with Crippen LogP contribution in [0.15, 0.2) is 30.3 Å². The van der Waals surface area contributed by atoms with Gasteiger partial charge in [-0.2, -0.15) is 0 Å². The van der Waals surface area contributed by atoms with Gasteiger partial charge < -0.3 is 5.32 Å². The molecule has 0 heterocycles. The molecule has 0 bridgehead atoms. The van der Waals surface area contributed by atoms with Crippen molar-refractivity contribution in [1.29, 1.82) is 0 Å². The summed E-state index contributed by atoms with van der Waals surface area (Å²) < 4.78 is 1.11. The van der Waals surface area contributed by atoms with Crippen molar-refractivity contribution in [2.75, 3.05) is 0 Å². The molecular formula is C12H12BrNO. The van der Waals surface area contributed by atoms with E-state index in [1.165, 1.54) is 11.1 Å². The van der Waals surface area contributed by atoms with Gasteiger partial charge in [-0.3, -0.25) is 4.79 Å². The topological polar surface area (TPSA) is 29.1 Å². The van der Waals surface area contributed by atoms with E-state index in [-0.39, 0.29) is 11.9 Å². The van der Waals surface area contributed by atoms with Gasteiger partial charge >= 0.3 is 0 Å². The molecule has 1 aromatic carbocycles. The zero-order chi connectivity index (χ0) is 10.8. The Labute approximate surface area is 97.5 Å². The SMILES string of the molecule is CC(=O)N[C@H]1CC=C(Br)c2ccccc21. The fourth-order valence-electron chi connectivity index (χ4n) is 1.86. The Morgan fingerprint density at radius 3 is 2.93 bits per heavy atom. The lowest BCUT2D eigenvalue weighted by molar-refractivity contribution is -0.119. The molecule has 0 fully saturated rings. The zero-order valence-electron chi connectivity index (χ0n) is 8.46. The number of fused-ring (bicyclic) bond motifs is 1. The number of halogens is 1. The summed E-state index contributed by atoms with van der Waals surface area (Å²) in [6.07, 6.45) is 2.94. The molecule has 2 nitrogen and oxygen atoms in total. The number of amides is 1. The first kappa shape index (κ1) is 10.4. The van der Waals surface area contributed by atoms with Crippen molar-refractivity contribution < 1.29 is 4.79 Å². The summed E-state index contributed by atoms with van der Waals surface area (Å²) >= 11 is 3.53. The highest BCUT2D eigenvalue weighted by Gasteiger charge is 2.20. The lowest BCUT2D eigenvalue weighted by atomic mass is 9.93. The van der Waals surface area contributed by atoms with Gasteiger partial charge in [0.2, 0.25) is 5.91 Å². The van der Waals surface area contributed by atoms with Crippen LogP contribution in [0.1, 0.15) is 30.5 Å². The summed E-state index contributed by atoms with van der Waals surface area (Å²) in [6.45, 7) is 1.55. The molecule has 0 aromatic heterocycles. The Balaban J connectivity index is 2.37. The van der Waals surface area contributed by atoms with Crippen molar-refractivity contribution >= 4 is 26.3 Å². The third-order valence-corrected chi connectivity index (χ3v) is 3.25. The number of carbonyl (C=O) groups excluding carboxylic acids is 1. The van der Waals surface area contributed by atoms with Crippen molar-refractivity contribution in [2.24, 2.45) is 0 Å². The molecule has 0 saturated heterocycles. The maximum atomic E-state index is 11.1. The van der Waals surface area contributed by atoms with Crippen molar-refractivity contribution in [3.8, 4) is 0 Å². The number of hydrogen-bond donors (Lipinski definition) is 1. The summed E-state index contributed by atoms with van der Waals surface area (Å²) in [6, 6.07) is 8.23. The van der Waals surface area contributed by atoms with E-state index in [0.717, 1.165) is 10.9 Å². The normalized spacial score (nSPS) is 19.1. The molecule has 1 aliphatic rings. The molecule has 0 aliphatic heterocycles. The molecule has 0 saturated carbocycles. The predicted molar refractivity (Wildman–Crippen MR) is 64.5 cm³/mol. The number of rotatable bonds is 1. The fraction of sp³-hybridized carbons (Fsp3) is 0.250. The molecular weight excluding hydrogens is 254 g/mol. The van der Waals surface area contributed by atoms with Crippen LogP contribution in [0, 0.1) is 0 Å². The van der Waals surface area contributed by atoms with Gasteiger partial charge in [0, 0.05) is 11.4 Å². The highest BCUT2D eigenvalue weighted by molar-refractivity contribution is 9.15. The zero-order valence-corrected chi connectivity index (χ0v) is 10.0. The van der Waals surface area contributed by atoms with Crippen molar-refractivity contribution in [2.45, 2.75) is 19.4 Å². The smallest absolute Gasteiger partial charge is 0.217 e. The van der Waals surface area contributed by atoms with Gasteiger partial charge in [0.05, 0.1) is 6.04 Å².